The Morgan fingerprint density at radius 3 is 2.74 bits per heavy atom. The molecule has 0 saturated carbocycles. The summed E-state index contributed by atoms with van der Waals surface area (Å²) in [5.41, 5.74) is 2.25. The van der Waals surface area contributed by atoms with Crippen molar-refractivity contribution in [3.63, 3.8) is 0 Å². The third-order valence-electron chi connectivity index (χ3n) is 3.65. The summed E-state index contributed by atoms with van der Waals surface area (Å²) in [5.74, 6) is -1.03. The topological polar surface area (TPSA) is 85.8 Å². The molecule has 0 atom stereocenters. The molecule has 7 nitrogen and oxygen atoms in total. The Hall–Kier alpha value is -3.09. The number of hydrogen-bond acceptors (Lipinski definition) is 4. The van der Waals surface area contributed by atoms with Crippen LogP contribution in [0.2, 0.25) is 0 Å². The van der Waals surface area contributed by atoms with E-state index in [9.17, 15) is 9.59 Å². The Balaban J connectivity index is 1.82. The number of urea groups is 1. The first-order valence-electron chi connectivity index (χ1n) is 7.12. The second-order valence-electron chi connectivity index (χ2n) is 5.30. The first-order valence-corrected chi connectivity index (χ1v) is 7.12. The lowest BCUT2D eigenvalue weighted by molar-refractivity contribution is 0.0696. The number of carboxylic acid groups (broad SMARTS) is 1. The van der Waals surface area contributed by atoms with E-state index in [0.29, 0.717) is 18.8 Å². The van der Waals surface area contributed by atoms with Gasteiger partial charge in [0.25, 0.3) is 0 Å². The molecule has 0 aliphatic carbocycles. The SMILES string of the molecule is CN1CCN(c2cccc(Nc3cncc(C(=O)O)c3)c2)C1=O. The highest BCUT2D eigenvalue weighted by Crippen LogP contribution is 2.25. The van der Waals surface area contributed by atoms with Crippen molar-refractivity contribution < 1.29 is 14.7 Å². The molecule has 3 rings (SSSR count). The van der Waals surface area contributed by atoms with Crippen molar-refractivity contribution in [3.05, 3.63) is 48.3 Å². The minimum atomic E-state index is -1.03. The van der Waals surface area contributed by atoms with Crippen molar-refractivity contribution in [2.45, 2.75) is 0 Å². The van der Waals surface area contributed by atoms with Gasteiger partial charge in [-0.1, -0.05) is 6.07 Å². The van der Waals surface area contributed by atoms with E-state index in [2.05, 4.69) is 10.3 Å². The molecule has 0 spiro atoms. The van der Waals surface area contributed by atoms with Crippen LogP contribution in [0.4, 0.5) is 21.9 Å². The third kappa shape index (κ3) is 3.08. The quantitative estimate of drug-likeness (QED) is 0.905. The fourth-order valence-corrected chi connectivity index (χ4v) is 2.43. The zero-order valence-corrected chi connectivity index (χ0v) is 12.6. The average Bonchev–Trinajstić information content (AvgIpc) is 2.87. The van der Waals surface area contributed by atoms with Gasteiger partial charge in [-0.05, 0) is 24.3 Å². The van der Waals surface area contributed by atoms with E-state index < -0.39 is 5.97 Å². The minimum absolute atomic E-state index is 0.0308. The zero-order chi connectivity index (χ0) is 16.4. The lowest BCUT2D eigenvalue weighted by atomic mass is 10.2. The van der Waals surface area contributed by atoms with E-state index in [1.807, 2.05) is 24.3 Å². The lowest BCUT2D eigenvalue weighted by Crippen LogP contribution is -2.29. The highest BCUT2D eigenvalue weighted by Gasteiger charge is 2.26. The van der Waals surface area contributed by atoms with Crippen LogP contribution in [-0.4, -0.2) is 47.1 Å². The smallest absolute Gasteiger partial charge is 0.337 e. The Morgan fingerprint density at radius 1 is 1.22 bits per heavy atom. The Bertz CT molecular complexity index is 762. The predicted molar refractivity (Wildman–Crippen MR) is 86.3 cm³/mol. The summed E-state index contributed by atoms with van der Waals surface area (Å²) in [6, 6.07) is 8.89. The van der Waals surface area contributed by atoms with Gasteiger partial charge in [-0.15, -0.1) is 0 Å². The largest absolute Gasteiger partial charge is 0.478 e. The number of aromatic carboxylic acids is 1. The van der Waals surface area contributed by atoms with Gasteiger partial charge in [0.15, 0.2) is 0 Å². The van der Waals surface area contributed by atoms with Gasteiger partial charge in [0.2, 0.25) is 0 Å². The second-order valence-corrected chi connectivity index (χ2v) is 5.30. The van der Waals surface area contributed by atoms with Crippen molar-refractivity contribution in [2.24, 2.45) is 0 Å². The number of anilines is 3. The molecule has 0 radical (unpaired) electrons. The zero-order valence-electron chi connectivity index (χ0n) is 12.6. The molecule has 2 aromatic rings. The number of benzene rings is 1. The molecule has 0 unspecified atom stereocenters. The maximum absolute atomic E-state index is 12.1. The third-order valence-corrected chi connectivity index (χ3v) is 3.65. The van der Waals surface area contributed by atoms with Crippen LogP contribution in [0, 0.1) is 0 Å². The number of carbonyl (C=O) groups excluding carboxylic acids is 1. The molecular weight excluding hydrogens is 296 g/mol. The van der Waals surface area contributed by atoms with E-state index in [4.69, 9.17) is 5.11 Å². The number of carbonyl (C=O) groups is 2. The molecule has 7 heteroatoms. The first kappa shape index (κ1) is 14.8. The van der Waals surface area contributed by atoms with Crippen molar-refractivity contribution in [2.75, 3.05) is 30.4 Å². The highest BCUT2D eigenvalue weighted by atomic mass is 16.4. The molecule has 1 aliphatic heterocycles. The van der Waals surface area contributed by atoms with Crippen LogP contribution in [0.1, 0.15) is 10.4 Å². The number of likely N-dealkylation sites (N-methyl/N-ethyl adjacent to an activating group) is 1. The standard InChI is InChI=1S/C16H16N4O3/c1-19-5-6-20(16(19)23)14-4-2-3-12(8-14)18-13-7-11(15(21)22)9-17-10-13/h2-4,7-10,18H,5-6H2,1H3,(H,21,22). The fraction of sp³-hybridized carbons (Fsp3) is 0.188. The van der Waals surface area contributed by atoms with Gasteiger partial charge in [0.1, 0.15) is 0 Å². The monoisotopic (exact) mass is 312 g/mol. The molecule has 2 amide bonds. The first-order chi connectivity index (χ1) is 11.0. The van der Waals surface area contributed by atoms with E-state index >= 15 is 0 Å². The summed E-state index contributed by atoms with van der Waals surface area (Å²) in [6.45, 7) is 1.34. The molecule has 118 valence electrons. The van der Waals surface area contributed by atoms with Gasteiger partial charge >= 0.3 is 12.0 Å². The van der Waals surface area contributed by atoms with E-state index in [-0.39, 0.29) is 11.6 Å². The van der Waals surface area contributed by atoms with Gasteiger partial charge in [0.05, 0.1) is 17.4 Å². The van der Waals surface area contributed by atoms with Crippen molar-refractivity contribution in [1.82, 2.24) is 9.88 Å². The van der Waals surface area contributed by atoms with E-state index in [1.165, 1.54) is 12.3 Å². The van der Waals surface area contributed by atoms with Crippen LogP contribution < -0.4 is 10.2 Å². The highest BCUT2D eigenvalue weighted by molar-refractivity contribution is 5.94. The number of hydrogen-bond donors (Lipinski definition) is 2. The molecule has 1 saturated heterocycles. The number of pyridine rings is 1. The van der Waals surface area contributed by atoms with Crippen LogP contribution in [0.25, 0.3) is 0 Å². The average molecular weight is 312 g/mol. The number of rotatable bonds is 4. The normalized spacial score (nSPS) is 14.2. The summed E-state index contributed by atoms with van der Waals surface area (Å²) in [4.78, 5) is 30.3. The number of aromatic nitrogens is 1. The molecule has 2 N–H and O–H groups in total. The van der Waals surface area contributed by atoms with Crippen molar-refractivity contribution >= 4 is 29.1 Å². The Morgan fingerprint density at radius 2 is 2.04 bits per heavy atom. The van der Waals surface area contributed by atoms with E-state index in [0.717, 1.165) is 11.4 Å². The molecule has 2 heterocycles. The van der Waals surface area contributed by atoms with Gasteiger partial charge in [-0.2, -0.15) is 0 Å². The van der Waals surface area contributed by atoms with E-state index in [1.54, 1.807) is 23.0 Å². The summed E-state index contributed by atoms with van der Waals surface area (Å²) in [7, 11) is 1.77. The molecule has 1 aromatic carbocycles. The molecule has 1 aliphatic rings. The van der Waals surface area contributed by atoms with Gasteiger partial charge in [0, 0.05) is 37.7 Å². The number of amides is 2. The van der Waals surface area contributed by atoms with Crippen LogP contribution in [0.15, 0.2) is 42.7 Å². The number of nitrogens with zero attached hydrogens (tertiary/aromatic N) is 3. The van der Waals surface area contributed by atoms with Crippen LogP contribution in [0.5, 0.6) is 0 Å². The summed E-state index contributed by atoms with van der Waals surface area (Å²) >= 11 is 0. The number of carboxylic acids is 1. The fourth-order valence-electron chi connectivity index (χ4n) is 2.43. The van der Waals surface area contributed by atoms with Gasteiger partial charge < -0.3 is 15.3 Å². The van der Waals surface area contributed by atoms with Crippen LogP contribution in [-0.2, 0) is 0 Å². The van der Waals surface area contributed by atoms with Gasteiger partial charge in [-0.3, -0.25) is 9.88 Å². The van der Waals surface area contributed by atoms with Crippen molar-refractivity contribution in [1.29, 1.82) is 0 Å². The molecule has 1 fully saturated rings. The van der Waals surface area contributed by atoms with Crippen LogP contribution >= 0.6 is 0 Å². The second kappa shape index (κ2) is 5.96. The molecule has 23 heavy (non-hydrogen) atoms. The maximum atomic E-state index is 12.1. The molecule has 1 aromatic heterocycles. The number of nitrogens with one attached hydrogen (secondary N) is 1. The molecule has 0 bridgehead atoms. The summed E-state index contributed by atoms with van der Waals surface area (Å²) < 4.78 is 0. The van der Waals surface area contributed by atoms with Crippen LogP contribution in [0.3, 0.4) is 0 Å². The van der Waals surface area contributed by atoms with Crippen molar-refractivity contribution in [3.8, 4) is 0 Å². The minimum Gasteiger partial charge on any atom is -0.478 e. The molecular formula is C16H16N4O3. The summed E-state index contributed by atoms with van der Waals surface area (Å²) in [6.07, 6.45) is 2.84. The Labute approximate surface area is 133 Å². The lowest BCUT2D eigenvalue weighted by Gasteiger charge is -2.17. The maximum Gasteiger partial charge on any atom is 0.337 e. The van der Waals surface area contributed by atoms with Gasteiger partial charge in [-0.25, -0.2) is 9.59 Å². The predicted octanol–water partition coefficient (Wildman–Crippen LogP) is 2.40. The summed E-state index contributed by atoms with van der Waals surface area (Å²) in [5, 5.41) is 12.1. The Kier molecular flexibility index (Phi) is 3.84.